The Hall–Kier alpha value is -2.04. The van der Waals surface area contributed by atoms with Crippen LogP contribution >= 0.6 is 0 Å². The van der Waals surface area contributed by atoms with Gasteiger partial charge in [-0.05, 0) is 25.3 Å². The number of rotatable bonds is 3. The molecule has 0 aromatic heterocycles. The lowest BCUT2D eigenvalue weighted by atomic mass is 10.1. The van der Waals surface area contributed by atoms with Crippen LogP contribution in [0.1, 0.15) is 31.4 Å². The predicted octanol–water partition coefficient (Wildman–Crippen LogP) is 2.01. The van der Waals surface area contributed by atoms with Crippen LogP contribution in [0.4, 0.5) is 4.79 Å². The Morgan fingerprint density at radius 1 is 1.37 bits per heavy atom. The van der Waals surface area contributed by atoms with Crippen LogP contribution in [0.15, 0.2) is 30.3 Å². The van der Waals surface area contributed by atoms with E-state index in [4.69, 9.17) is 5.11 Å². The molecule has 0 radical (unpaired) electrons. The average Bonchev–Trinajstić information content (AvgIpc) is 2.89. The summed E-state index contributed by atoms with van der Waals surface area (Å²) in [7, 11) is 0. The molecule has 2 atom stereocenters. The molecule has 2 N–H and O–H groups in total. The van der Waals surface area contributed by atoms with E-state index in [0.29, 0.717) is 13.0 Å². The number of carbonyl (C=O) groups excluding carboxylic acids is 1. The number of carbonyl (C=O) groups is 2. The van der Waals surface area contributed by atoms with Crippen molar-refractivity contribution in [3.05, 3.63) is 35.9 Å². The van der Waals surface area contributed by atoms with Crippen LogP contribution < -0.4 is 5.32 Å². The molecule has 0 bridgehead atoms. The number of urea groups is 1. The van der Waals surface area contributed by atoms with Gasteiger partial charge in [-0.2, -0.15) is 0 Å². The molecule has 1 heterocycles. The third-order valence-electron chi connectivity index (χ3n) is 3.44. The van der Waals surface area contributed by atoms with Gasteiger partial charge in [-0.1, -0.05) is 30.3 Å². The van der Waals surface area contributed by atoms with E-state index < -0.39 is 12.0 Å². The Kier molecular flexibility index (Phi) is 4.04. The number of aliphatic carboxylic acids is 1. The second-order valence-electron chi connectivity index (χ2n) is 4.77. The molecule has 2 rings (SSSR count). The zero-order valence-corrected chi connectivity index (χ0v) is 10.9. The van der Waals surface area contributed by atoms with E-state index in [1.165, 1.54) is 4.90 Å². The first-order valence-electron chi connectivity index (χ1n) is 6.44. The number of nitrogens with zero attached hydrogens (tertiary/aromatic N) is 1. The Bertz CT molecular complexity index is 461. The fourth-order valence-corrected chi connectivity index (χ4v) is 2.36. The van der Waals surface area contributed by atoms with Gasteiger partial charge < -0.3 is 15.3 Å². The van der Waals surface area contributed by atoms with Crippen LogP contribution in [0.3, 0.4) is 0 Å². The molecule has 1 aliphatic heterocycles. The fraction of sp³-hybridized carbons (Fsp3) is 0.429. The minimum absolute atomic E-state index is 0.135. The zero-order chi connectivity index (χ0) is 13.8. The van der Waals surface area contributed by atoms with Crippen molar-refractivity contribution in [2.75, 3.05) is 6.54 Å². The molecule has 1 aliphatic rings. The number of carboxylic acid groups (broad SMARTS) is 1. The number of nitrogens with one attached hydrogen (secondary N) is 1. The maximum Gasteiger partial charge on any atom is 0.326 e. The summed E-state index contributed by atoms with van der Waals surface area (Å²) in [6.07, 6.45) is 1.27. The Morgan fingerprint density at radius 2 is 2.05 bits per heavy atom. The summed E-state index contributed by atoms with van der Waals surface area (Å²) in [6.45, 7) is 2.39. The van der Waals surface area contributed by atoms with E-state index in [1.807, 2.05) is 37.3 Å². The lowest BCUT2D eigenvalue weighted by Crippen LogP contribution is -2.46. The van der Waals surface area contributed by atoms with E-state index >= 15 is 0 Å². The molecule has 5 nitrogen and oxygen atoms in total. The number of carboxylic acids is 1. The normalized spacial score (nSPS) is 20.1. The van der Waals surface area contributed by atoms with Crippen molar-refractivity contribution in [1.29, 1.82) is 0 Å². The minimum Gasteiger partial charge on any atom is -0.480 e. The topological polar surface area (TPSA) is 69.6 Å². The third kappa shape index (κ3) is 3.05. The summed E-state index contributed by atoms with van der Waals surface area (Å²) in [5, 5.41) is 11.9. The van der Waals surface area contributed by atoms with Gasteiger partial charge in [-0.15, -0.1) is 0 Å². The lowest BCUT2D eigenvalue weighted by Gasteiger charge is -2.24. The number of amides is 2. The first kappa shape index (κ1) is 13.4. The maximum absolute atomic E-state index is 12.1. The van der Waals surface area contributed by atoms with Crippen LogP contribution in [-0.2, 0) is 4.79 Å². The van der Waals surface area contributed by atoms with Crippen LogP contribution in [0.5, 0.6) is 0 Å². The Balaban J connectivity index is 1.99. The van der Waals surface area contributed by atoms with Crippen molar-refractivity contribution < 1.29 is 14.7 Å². The van der Waals surface area contributed by atoms with Gasteiger partial charge in [0, 0.05) is 6.54 Å². The number of hydrogen-bond acceptors (Lipinski definition) is 2. The van der Waals surface area contributed by atoms with Crippen molar-refractivity contribution in [1.82, 2.24) is 10.2 Å². The summed E-state index contributed by atoms with van der Waals surface area (Å²) < 4.78 is 0. The van der Waals surface area contributed by atoms with Gasteiger partial charge in [0.2, 0.25) is 0 Å². The summed E-state index contributed by atoms with van der Waals surface area (Å²) in [5.41, 5.74) is 1.00. The number of benzene rings is 1. The molecule has 1 unspecified atom stereocenters. The van der Waals surface area contributed by atoms with E-state index in [-0.39, 0.29) is 12.1 Å². The Labute approximate surface area is 112 Å². The van der Waals surface area contributed by atoms with E-state index in [0.717, 1.165) is 12.0 Å². The molecule has 0 aliphatic carbocycles. The van der Waals surface area contributed by atoms with E-state index in [2.05, 4.69) is 5.32 Å². The van der Waals surface area contributed by atoms with Gasteiger partial charge in [0.15, 0.2) is 0 Å². The highest BCUT2D eigenvalue weighted by Gasteiger charge is 2.34. The largest absolute Gasteiger partial charge is 0.480 e. The zero-order valence-electron chi connectivity index (χ0n) is 10.9. The van der Waals surface area contributed by atoms with Crippen LogP contribution in [0.2, 0.25) is 0 Å². The highest BCUT2D eigenvalue weighted by atomic mass is 16.4. The van der Waals surface area contributed by atoms with Gasteiger partial charge in [-0.3, -0.25) is 0 Å². The maximum atomic E-state index is 12.1. The van der Waals surface area contributed by atoms with Gasteiger partial charge in [0.05, 0.1) is 6.04 Å². The predicted molar refractivity (Wildman–Crippen MR) is 70.8 cm³/mol. The van der Waals surface area contributed by atoms with E-state index in [1.54, 1.807) is 0 Å². The molecule has 0 spiro atoms. The molecule has 19 heavy (non-hydrogen) atoms. The molecular weight excluding hydrogens is 244 g/mol. The van der Waals surface area contributed by atoms with Crippen molar-refractivity contribution in [2.45, 2.75) is 31.8 Å². The highest BCUT2D eigenvalue weighted by Crippen LogP contribution is 2.19. The van der Waals surface area contributed by atoms with Gasteiger partial charge in [-0.25, -0.2) is 9.59 Å². The molecule has 2 amide bonds. The summed E-state index contributed by atoms with van der Waals surface area (Å²) in [6, 6.07) is 8.47. The van der Waals surface area contributed by atoms with Gasteiger partial charge in [0.1, 0.15) is 6.04 Å². The molecule has 5 heteroatoms. The smallest absolute Gasteiger partial charge is 0.326 e. The first-order chi connectivity index (χ1) is 9.09. The van der Waals surface area contributed by atoms with E-state index in [9.17, 15) is 9.59 Å². The quantitative estimate of drug-likeness (QED) is 0.875. The molecule has 1 aromatic carbocycles. The summed E-state index contributed by atoms with van der Waals surface area (Å²) >= 11 is 0. The molecule has 1 saturated heterocycles. The molecule has 102 valence electrons. The molecular formula is C14H18N2O3. The average molecular weight is 262 g/mol. The monoisotopic (exact) mass is 262 g/mol. The minimum atomic E-state index is -0.931. The third-order valence-corrected chi connectivity index (χ3v) is 3.44. The second kappa shape index (κ2) is 5.73. The van der Waals surface area contributed by atoms with Gasteiger partial charge >= 0.3 is 12.0 Å². The number of likely N-dealkylation sites (tertiary alicyclic amines) is 1. The SMILES string of the molecule is CC(NC(=O)N1CCC[C@@H]1C(=O)O)c1ccccc1. The lowest BCUT2D eigenvalue weighted by molar-refractivity contribution is -0.141. The van der Waals surface area contributed by atoms with Crippen LogP contribution in [0.25, 0.3) is 0 Å². The standard InChI is InChI=1S/C14H18N2O3/c1-10(11-6-3-2-4-7-11)15-14(19)16-9-5-8-12(16)13(17)18/h2-4,6-7,10,12H,5,8-9H2,1H3,(H,15,19)(H,17,18)/t10?,12-/m1/s1. The fourth-order valence-electron chi connectivity index (χ4n) is 2.36. The van der Waals surface area contributed by atoms with Crippen molar-refractivity contribution in [2.24, 2.45) is 0 Å². The Morgan fingerprint density at radius 3 is 2.68 bits per heavy atom. The van der Waals surface area contributed by atoms with Crippen molar-refractivity contribution in [3.63, 3.8) is 0 Å². The van der Waals surface area contributed by atoms with Crippen LogP contribution in [0, 0.1) is 0 Å². The van der Waals surface area contributed by atoms with Crippen molar-refractivity contribution in [3.8, 4) is 0 Å². The summed E-state index contributed by atoms with van der Waals surface area (Å²) in [5.74, 6) is -0.931. The molecule has 0 saturated carbocycles. The molecule has 1 aromatic rings. The second-order valence-corrected chi connectivity index (χ2v) is 4.77. The highest BCUT2D eigenvalue weighted by molar-refractivity contribution is 5.83. The van der Waals surface area contributed by atoms with Crippen LogP contribution in [-0.4, -0.2) is 34.6 Å². The van der Waals surface area contributed by atoms with Gasteiger partial charge in [0.25, 0.3) is 0 Å². The summed E-state index contributed by atoms with van der Waals surface area (Å²) in [4.78, 5) is 24.6. The van der Waals surface area contributed by atoms with Crippen molar-refractivity contribution >= 4 is 12.0 Å². The number of hydrogen-bond donors (Lipinski definition) is 2. The molecule has 1 fully saturated rings. The first-order valence-corrected chi connectivity index (χ1v) is 6.44.